The average Bonchev–Trinajstić information content (AvgIpc) is 3.34. The summed E-state index contributed by atoms with van der Waals surface area (Å²) < 4.78 is 38.3. The number of nitrogens with zero attached hydrogens (tertiary/aromatic N) is 2. The quantitative estimate of drug-likeness (QED) is 0.118. The summed E-state index contributed by atoms with van der Waals surface area (Å²) in [7, 11) is -5.00. The second kappa shape index (κ2) is 14.0. The lowest BCUT2D eigenvalue weighted by Gasteiger charge is -2.21. The van der Waals surface area contributed by atoms with Crippen molar-refractivity contribution in [3.8, 4) is 44.9 Å². The first-order valence-electron chi connectivity index (χ1n) is 19.1. The third-order valence-electron chi connectivity index (χ3n) is 10.9. The molecule has 0 bridgehead atoms. The van der Waals surface area contributed by atoms with Crippen LogP contribution in [0.15, 0.2) is 128 Å². The molecule has 0 saturated heterocycles. The van der Waals surface area contributed by atoms with Crippen molar-refractivity contribution in [2.45, 2.75) is 27.7 Å². The van der Waals surface area contributed by atoms with E-state index in [0.29, 0.717) is 43.8 Å². The van der Waals surface area contributed by atoms with E-state index in [2.05, 4.69) is 37.5 Å². The number of hydrogen-bond donors (Lipinski definition) is 1. The summed E-state index contributed by atoms with van der Waals surface area (Å²) in [6.45, 7) is 11.4. The molecule has 0 atom stereocenters. The van der Waals surface area contributed by atoms with Crippen LogP contribution in [0.5, 0.6) is 11.5 Å². The third-order valence-corrected chi connectivity index (χ3v) is 11.8. The van der Waals surface area contributed by atoms with Gasteiger partial charge in [-0.1, -0.05) is 48.5 Å². The first-order chi connectivity index (χ1) is 27.6. The predicted octanol–water partition coefficient (Wildman–Crippen LogP) is 10.8. The van der Waals surface area contributed by atoms with Crippen LogP contribution in [0.2, 0.25) is 0 Å². The Kier molecular flexibility index (Phi) is 8.91. The highest BCUT2D eigenvalue weighted by molar-refractivity contribution is 7.48. The minimum absolute atomic E-state index is 0.0264. The predicted molar refractivity (Wildman–Crippen MR) is 228 cm³/mol. The van der Waals surface area contributed by atoms with Gasteiger partial charge in [0.15, 0.2) is 0 Å². The number of phosphoric ester groups is 1. The largest absolute Gasteiger partial charge is 0.584 e. The van der Waals surface area contributed by atoms with E-state index in [0.717, 1.165) is 48.3 Å². The molecule has 0 aliphatic carbocycles. The smallest absolute Gasteiger partial charge is 0.422 e. The number of phosphoric acid groups is 1. The second-order valence-electron chi connectivity index (χ2n) is 14.0. The van der Waals surface area contributed by atoms with E-state index < -0.39 is 19.1 Å². The molecule has 0 saturated carbocycles. The van der Waals surface area contributed by atoms with Gasteiger partial charge in [0.2, 0.25) is 0 Å². The maximum atomic E-state index is 14.2. The highest BCUT2D eigenvalue weighted by atomic mass is 31.2. The molecule has 0 radical (unpaired) electrons. The van der Waals surface area contributed by atoms with Crippen molar-refractivity contribution < 1.29 is 27.3 Å². The number of anilines is 2. The Hall–Kier alpha value is -6.35. The lowest BCUT2D eigenvalue weighted by atomic mass is 9.86. The maximum absolute atomic E-state index is 14.2. The molecule has 9 rings (SSSR count). The Balaban J connectivity index is 1.34. The monoisotopic (exact) mass is 778 g/mol. The molecule has 1 aliphatic heterocycles. The normalized spacial score (nSPS) is 13.2. The minimum Gasteiger partial charge on any atom is -0.422 e. The molecule has 57 heavy (non-hydrogen) atoms. The summed E-state index contributed by atoms with van der Waals surface area (Å²) in [6, 6.07) is 33.4. The Labute approximate surface area is 327 Å². The summed E-state index contributed by atoms with van der Waals surface area (Å²) in [5, 5.41) is 4.15. The Morgan fingerprint density at radius 2 is 0.895 bits per heavy atom. The minimum atomic E-state index is -5.00. The van der Waals surface area contributed by atoms with Gasteiger partial charge in [0.1, 0.15) is 22.7 Å². The van der Waals surface area contributed by atoms with Gasteiger partial charge >= 0.3 is 19.1 Å². The zero-order chi connectivity index (χ0) is 39.6. The van der Waals surface area contributed by atoms with Gasteiger partial charge in [0.25, 0.3) is 0 Å². The van der Waals surface area contributed by atoms with Gasteiger partial charge in [-0.25, -0.2) is 14.2 Å². The van der Waals surface area contributed by atoms with Gasteiger partial charge in [-0.2, -0.15) is 0 Å². The van der Waals surface area contributed by atoms with E-state index in [4.69, 9.17) is 17.9 Å². The molecule has 286 valence electrons. The molecular formula is C46H39N2O8P. The molecule has 2 aromatic heterocycles. The molecule has 0 fully saturated rings. The van der Waals surface area contributed by atoms with E-state index >= 15 is 0 Å². The second-order valence-corrected chi connectivity index (χ2v) is 15.3. The zero-order valence-electron chi connectivity index (χ0n) is 31.9. The lowest BCUT2D eigenvalue weighted by molar-refractivity contribution is 0.295. The van der Waals surface area contributed by atoms with E-state index in [1.807, 2.05) is 84.9 Å². The Morgan fingerprint density at radius 3 is 1.30 bits per heavy atom. The molecule has 11 heteroatoms. The molecule has 8 aromatic rings. The summed E-state index contributed by atoms with van der Waals surface area (Å²) in [5.74, 6) is -0.0528. The zero-order valence-corrected chi connectivity index (χ0v) is 32.8. The lowest BCUT2D eigenvalue weighted by Crippen LogP contribution is -2.21. The fraction of sp³-hybridized carbons (Fsp3) is 0.174. The molecular weight excluding hydrogens is 739 g/mol. The number of rotatable bonds is 8. The van der Waals surface area contributed by atoms with Gasteiger partial charge in [0, 0.05) is 82.7 Å². The standard InChI is InChI=1S/C46H39N2O8P/c1-5-47(6-2)31-19-17-29-23-37(45(49)53-39(29)25-31)35-21-27-13-9-11-15-33(27)41-42-34-16-12-10-14-28(34)22-36(44(42)56-57(51,52)55-43(35)41)38-24-30-18-20-32(48(7-3)8-4)26-40(30)54-46(38)50/h9-26H,5-8H2,1-4H3,(H,51,52). The van der Waals surface area contributed by atoms with Crippen LogP contribution >= 0.6 is 7.82 Å². The van der Waals surface area contributed by atoms with Crippen molar-refractivity contribution in [3.05, 3.63) is 130 Å². The SMILES string of the molecule is CCN(CC)c1ccc2cc(-c3cc4ccccc4c4c3OP(=O)(O)Oc3c(-c5cc6ccc(N(CC)CC)cc6oc5=O)cc5ccccc5c3-4)c(=O)oc2c1. The first kappa shape index (κ1) is 36.3. The third kappa shape index (κ3) is 6.13. The first-order valence-corrected chi connectivity index (χ1v) is 20.6. The van der Waals surface area contributed by atoms with Crippen LogP contribution in [-0.4, -0.2) is 31.1 Å². The van der Waals surface area contributed by atoms with Crippen molar-refractivity contribution in [2.24, 2.45) is 0 Å². The van der Waals surface area contributed by atoms with Gasteiger partial charge in [-0.05, 0) is 97.8 Å². The summed E-state index contributed by atoms with van der Waals surface area (Å²) >= 11 is 0. The maximum Gasteiger partial charge on any atom is 0.584 e. The Bertz CT molecular complexity index is 2890. The average molecular weight is 779 g/mol. The summed E-state index contributed by atoms with van der Waals surface area (Å²) in [5.41, 5.74) is 3.03. The van der Waals surface area contributed by atoms with Crippen molar-refractivity contribution in [3.63, 3.8) is 0 Å². The van der Waals surface area contributed by atoms with Crippen LogP contribution in [0.4, 0.5) is 11.4 Å². The van der Waals surface area contributed by atoms with E-state index in [1.54, 1.807) is 24.3 Å². The molecule has 0 unspecified atom stereocenters. The van der Waals surface area contributed by atoms with Gasteiger partial charge in [-0.15, -0.1) is 0 Å². The fourth-order valence-electron chi connectivity index (χ4n) is 8.14. The molecule has 0 spiro atoms. The van der Waals surface area contributed by atoms with Crippen molar-refractivity contribution in [1.82, 2.24) is 0 Å². The van der Waals surface area contributed by atoms with Gasteiger partial charge < -0.3 is 27.7 Å². The highest BCUT2D eigenvalue weighted by Gasteiger charge is 2.38. The molecule has 3 heterocycles. The van der Waals surface area contributed by atoms with Gasteiger partial charge in [0.05, 0.1) is 11.1 Å². The van der Waals surface area contributed by atoms with E-state index in [9.17, 15) is 19.0 Å². The number of fused-ring (bicyclic) bond motifs is 9. The number of hydrogen-bond acceptors (Lipinski definition) is 9. The van der Waals surface area contributed by atoms with Crippen LogP contribution < -0.4 is 30.1 Å². The molecule has 6 aromatic carbocycles. The molecule has 1 aliphatic rings. The topological polar surface area (TPSA) is 123 Å². The van der Waals surface area contributed by atoms with Crippen LogP contribution in [0.1, 0.15) is 27.7 Å². The van der Waals surface area contributed by atoms with Crippen LogP contribution in [0.3, 0.4) is 0 Å². The summed E-state index contributed by atoms with van der Waals surface area (Å²) in [4.78, 5) is 43.9. The van der Waals surface area contributed by atoms with E-state index in [-0.39, 0.29) is 33.8 Å². The number of benzene rings is 6. The van der Waals surface area contributed by atoms with Crippen LogP contribution in [-0.2, 0) is 4.57 Å². The van der Waals surface area contributed by atoms with Crippen LogP contribution in [0.25, 0.3) is 76.9 Å². The van der Waals surface area contributed by atoms with E-state index in [1.165, 1.54) is 0 Å². The van der Waals surface area contributed by atoms with Crippen molar-refractivity contribution in [1.29, 1.82) is 0 Å². The molecule has 1 N–H and O–H groups in total. The van der Waals surface area contributed by atoms with Crippen LogP contribution in [0, 0.1) is 0 Å². The Morgan fingerprint density at radius 1 is 0.509 bits per heavy atom. The molecule has 10 nitrogen and oxygen atoms in total. The van der Waals surface area contributed by atoms with Gasteiger partial charge in [-0.3, -0.25) is 4.89 Å². The summed E-state index contributed by atoms with van der Waals surface area (Å²) in [6.07, 6.45) is 0. The molecule has 0 amide bonds. The fourth-order valence-corrected chi connectivity index (χ4v) is 9.02. The van der Waals surface area contributed by atoms with Crippen molar-refractivity contribution >= 4 is 62.7 Å². The highest BCUT2D eigenvalue weighted by Crippen LogP contribution is 2.61. The van der Waals surface area contributed by atoms with Crippen molar-refractivity contribution in [2.75, 3.05) is 36.0 Å².